The van der Waals surface area contributed by atoms with Gasteiger partial charge in [0.15, 0.2) is 0 Å². The van der Waals surface area contributed by atoms with E-state index in [1.54, 1.807) is 10.4 Å². The Balaban J connectivity index is 1.36. The van der Waals surface area contributed by atoms with Crippen LogP contribution in [0.5, 0.6) is 0 Å². The zero-order valence-electron chi connectivity index (χ0n) is 23.6. The molecule has 1 N–H and O–H groups in total. The minimum absolute atomic E-state index is 0.0159. The molecule has 0 amide bonds. The molecule has 0 spiro atoms. The third-order valence-corrected chi connectivity index (χ3v) is 10.3. The van der Waals surface area contributed by atoms with Gasteiger partial charge in [-0.2, -0.15) is 4.31 Å². The summed E-state index contributed by atoms with van der Waals surface area (Å²) in [6.45, 7) is 2.16. The number of anilines is 1. The first-order valence-corrected chi connectivity index (χ1v) is 15.4. The summed E-state index contributed by atoms with van der Waals surface area (Å²) in [5.41, 5.74) is 4.81. The maximum atomic E-state index is 14.1. The Morgan fingerprint density at radius 2 is 1.60 bits per heavy atom. The lowest BCUT2D eigenvalue weighted by atomic mass is 9.83. The van der Waals surface area contributed by atoms with Gasteiger partial charge in [0, 0.05) is 72.9 Å². The van der Waals surface area contributed by atoms with Crippen LogP contribution in [0.3, 0.4) is 0 Å². The minimum Gasteiger partial charge on any atom is -0.377 e. The van der Waals surface area contributed by atoms with E-state index < -0.39 is 10.0 Å². The highest BCUT2D eigenvalue weighted by molar-refractivity contribution is 7.89. The molecular formula is C32H37N4O3S+. The van der Waals surface area contributed by atoms with Gasteiger partial charge in [0.25, 0.3) is 5.56 Å². The van der Waals surface area contributed by atoms with Gasteiger partial charge in [-0.3, -0.25) is 4.79 Å². The molecule has 1 fully saturated rings. The van der Waals surface area contributed by atoms with Crippen molar-refractivity contribution in [2.24, 2.45) is 5.92 Å². The summed E-state index contributed by atoms with van der Waals surface area (Å²) >= 11 is 0. The van der Waals surface area contributed by atoms with Crippen molar-refractivity contribution in [2.45, 2.75) is 30.3 Å². The molecule has 2 aliphatic heterocycles. The molecule has 6 rings (SSSR count). The van der Waals surface area contributed by atoms with Gasteiger partial charge in [0.05, 0.1) is 19.0 Å². The van der Waals surface area contributed by atoms with E-state index in [0.29, 0.717) is 24.5 Å². The number of fused-ring (bicyclic) bond motifs is 5. The van der Waals surface area contributed by atoms with E-state index in [1.165, 1.54) is 4.90 Å². The Morgan fingerprint density at radius 1 is 0.850 bits per heavy atom. The molecule has 8 heteroatoms. The maximum Gasteiger partial charge on any atom is 0.258 e. The lowest BCUT2D eigenvalue weighted by Gasteiger charge is -2.42. The van der Waals surface area contributed by atoms with E-state index in [4.69, 9.17) is 0 Å². The van der Waals surface area contributed by atoms with Crippen LogP contribution in [0.15, 0.2) is 82.5 Å². The number of nitrogens with one attached hydrogen (secondary N) is 1. The number of pyridine rings is 1. The molecule has 4 aromatic rings. The Kier molecular flexibility index (Phi) is 6.81. The first-order chi connectivity index (χ1) is 19.1. The van der Waals surface area contributed by atoms with Gasteiger partial charge in [0.2, 0.25) is 10.0 Å². The van der Waals surface area contributed by atoms with Gasteiger partial charge in [-0.05, 0) is 42.2 Å². The average Bonchev–Trinajstić information content (AvgIpc) is 2.93. The third-order valence-electron chi connectivity index (χ3n) is 8.38. The number of hydrogen-bond donors (Lipinski definition) is 1. The van der Waals surface area contributed by atoms with E-state index >= 15 is 0 Å². The fraction of sp³-hybridized carbons (Fsp3) is 0.344. The Bertz CT molecular complexity index is 1760. The molecule has 0 aliphatic carbocycles. The van der Waals surface area contributed by atoms with Gasteiger partial charge in [0.1, 0.15) is 6.54 Å². The number of quaternary nitrogens is 1. The van der Waals surface area contributed by atoms with Crippen LogP contribution < -0.4 is 15.4 Å². The standard InChI is InChI=1S/C32H36N4O3S/c1-33(2)20-23-9-5-6-10-25(23)28-15-16-29-24-17-22(19-36(29)32(28)37)18-35(21-24)40(38,39)31-14-8-11-26-27(31)12-7-13-30(26)34(3)4/h5-16,22,24H,17-21H2,1-4H3/p+1/t22-,24+/m0/s1. The molecule has 2 bridgehead atoms. The van der Waals surface area contributed by atoms with E-state index in [1.807, 2.05) is 84.2 Å². The van der Waals surface area contributed by atoms with Crippen molar-refractivity contribution in [2.75, 3.05) is 46.2 Å². The van der Waals surface area contributed by atoms with Gasteiger partial charge in [-0.15, -0.1) is 0 Å². The van der Waals surface area contributed by atoms with E-state index in [9.17, 15) is 13.2 Å². The predicted molar refractivity (Wildman–Crippen MR) is 161 cm³/mol. The quantitative estimate of drug-likeness (QED) is 0.396. The van der Waals surface area contributed by atoms with Crippen molar-refractivity contribution in [3.63, 3.8) is 0 Å². The van der Waals surface area contributed by atoms with E-state index in [-0.39, 0.29) is 17.4 Å². The number of piperidine rings is 1. The molecule has 2 aliphatic rings. The van der Waals surface area contributed by atoms with Crippen molar-refractivity contribution in [3.05, 3.63) is 94.4 Å². The zero-order chi connectivity index (χ0) is 28.2. The fourth-order valence-corrected chi connectivity index (χ4v) is 8.41. The summed E-state index contributed by atoms with van der Waals surface area (Å²) in [6.07, 6.45) is 0.895. The minimum atomic E-state index is -3.73. The van der Waals surface area contributed by atoms with Crippen LogP contribution in [0, 0.1) is 5.92 Å². The van der Waals surface area contributed by atoms with Crippen LogP contribution in [0.25, 0.3) is 21.9 Å². The second-order valence-electron chi connectivity index (χ2n) is 11.8. The monoisotopic (exact) mass is 557 g/mol. The van der Waals surface area contributed by atoms with Gasteiger partial charge < -0.3 is 14.4 Å². The molecule has 3 heterocycles. The highest BCUT2D eigenvalue weighted by atomic mass is 32.2. The van der Waals surface area contributed by atoms with E-state index in [2.05, 4.69) is 20.2 Å². The van der Waals surface area contributed by atoms with Crippen LogP contribution >= 0.6 is 0 Å². The highest BCUT2D eigenvalue weighted by Crippen LogP contribution is 2.39. The smallest absolute Gasteiger partial charge is 0.258 e. The average molecular weight is 558 g/mol. The summed E-state index contributed by atoms with van der Waals surface area (Å²) in [7, 11) is 4.42. The lowest BCUT2D eigenvalue weighted by molar-refractivity contribution is -0.872. The molecule has 1 aromatic heterocycles. The molecule has 3 aromatic carbocycles. The summed E-state index contributed by atoms with van der Waals surface area (Å²) in [5, 5.41) is 1.66. The summed E-state index contributed by atoms with van der Waals surface area (Å²) < 4.78 is 31.8. The van der Waals surface area contributed by atoms with Crippen LogP contribution in [0.2, 0.25) is 0 Å². The Labute approximate surface area is 236 Å². The number of hydrogen-bond acceptors (Lipinski definition) is 4. The molecule has 40 heavy (non-hydrogen) atoms. The zero-order valence-corrected chi connectivity index (χ0v) is 24.4. The molecular weight excluding hydrogens is 520 g/mol. The molecule has 208 valence electrons. The predicted octanol–water partition coefficient (Wildman–Crippen LogP) is 3.19. The van der Waals surface area contributed by atoms with Crippen LogP contribution in [0.4, 0.5) is 5.69 Å². The molecule has 0 saturated carbocycles. The maximum absolute atomic E-state index is 14.1. The molecule has 2 atom stereocenters. The van der Waals surface area contributed by atoms with Crippen molar-refractivity contribution in [1.82, 2.24) is 8.87 Å². The summed E-state index contributed by atoms with van der Waals surface area (Å²) in [4.78, 5) is 17.5. The van der Waals surface area contributed by atoms with Crippen molar-refractivity contribution < 1.29 is 13.3 Å². The Morgan fingerprint density at radius 3 is 2.38 bits per heavy atom. The van der Waals surface area contributed by atoms with Crippen LogP contribution in [-0.4, -0.2) is 58.6 Å². The SMILES string of the molecule is CN(C)c1cccc2c(S(=O)(=O)N3C[C@@H]4C[C@H](C3)c3ccc(-c5ccccc5C[NH+](C)C)c(=O)n3C4)cccc12. The number of rotatable bonds is 6. The highest BCUT2D eigenvalue weighted by Gasteiger charge is 2.40. The van der Waals surface area contributed by atoms with Crippen molar-refractivity contribution >= 4 is 26.5 Å². The second-order valence-corrected chi connectivity index (χ2v) is 13.7. The molecule has 0 unspecified atom stereocenters. The number of aromatic nitrogens is 1. The molecule has 7 nitrogen and oxygen atoms in total. The largest absolute Gasteiger partial charge is 0.377 e. The molecule has 0 radical (unpaired) electrons. The fourth-order valence-electron chi connectivity index (χ4n) is 6.64. The summed E-state index contributed by atoms with van der Waals surface area (Å²) in [5.74, 6) is 0.0700. The first-order valence-electron chi connectivity index (χ1n) is 14.0. The Hall–Kier alpha value is -3.46. The number of nitrogens with zero attached hydrogens (tertiary/aromatic N) is 3. The van der Waals surface area contributed by atoms with Crippen molar-refractivity contribution in [1.29, 1.82) is 0 Å². The number of benzene rings is 3. The van der Waals surface area contributed by atoms with Crippen LogP contribution in [0.1, 0.15) is 23.6 Å². The summed E-state index contributed by atoms with van der Waals surface area (Å²) in [6, 6.07) is 23.5. The van der Waals surface area contributed by atoms with Crippen LogP contribution in [-0.2, 0) is 23.1 Å². The third kappa shape index (κ3) is 4.54. The van der Waals surface area contributed by atoms with Gasteiger partial charge in [-0.1, -0.05) is 48.5 Å². The first kappa shape index (κ1) is 26.7. The normalized spacial score (nSPS) is 19.1. The van der Waals surface area contributed by atoms with Gasteiger partial charge >= 0.3 is 0 Å². The number of sulfonamides is 1. The van der Waals surface area contributed by atoms with Gasteiger partial charge in [-0.25, -0.2) is 8.42 Å². The van der Waals surface area contributed by atoms with E-state index in [0.717, 1.165) is 51.8 Å². The molecule has 1 saturated heterocycles. The van der Waals surface area contributed by atoms with Crippen molar-refractivity contribution in [3.8, 4) is 11.1 Å². The topological polar surface area (TPSA) is 67.1 Å². The lowest BCUT2D eigenvalue weighted by Crippen LogP contribution is -3.04. The second kappa shape index (κ2) is 10.2.